The van der Waals surface area contributed by atoms with Crippen molar-refractivity contribution >= 4 is 5.69 Å². The molecule has 0 radical (unpaired) electrons. The van der Waals surface area contributed by atoms with Gasteiger partial charge in [-0.2, -0.15) is 5.26 Å². The van der Waals surface area contributed by atoms with Gasteiger partial charge in [-0.1, -0.05) is 24.3 Å². The monoisotopic (exact) mass is 266 g/mol. The zero-order chi connectivity index (χ0) is 14.4. The number of ether oxygens (including phenoxy) is 1. The van der Waals surface area contributed by atoms with Crippen molar-refractivity contribution in [1.82, 2.24) is 0 Å². The Kier molecular flexibility index (Phi) is 4.62. The molecule has 0 aliphatic rings. The van der Waals surface area contributed by atoms with Gasteiger partial charge in [-0.05, 0) is 48.7 Å². The van der Waals surface area contributed by atoms with Gasteiger partial charge in [-0.25, -0.2) is 0 Å². The first-order valence-electron chi connectivity index (χ1n) is 6.59. The minimum atomic E-state index is 0.0773. The SMILES string of the molecule is Cc1cccc(NCc2cccc(OCC#N)c2)c1C. The Morgan fingerprint density at radius 3 is 2.75 bits per heavy atom. The van der Waals surface area contributed by atoms with E-state index in [1.807, 2.05) is 30.3 Å². The van der Waals surface area contributed by atoms with E-state index in [0.29, 0.717) is 0 Å². The van der Waals surface area contributed by atoms with Crippen LogP contribution in [0.3, 0.4) is 0 Å². The first kappa shape index (κ1) is 14.0. The van der Waals surface area contributed by atoms with Gasteiger partial charge in [0.05, 0.1) is 0 Å². The average molecular weight is 266 g/mol. The molecule has 0 aromatic heterocycles. The number of hydrogen-bond donors (Lipinski definition) is 1. The molecule has 2 rings (SSSR count). The van der Waals surface area contributed by atoms with Gasteiger partial charge in [-0.3, -0.25) is 0 Å². The summed E-state index contributed by atoms with van der Waals surface area (Å²) in [5.41, 5.74) is 4.82. The van der Waals surface area contributed by atoms with Gasteiger partial charge < -0.3 is 10.1 Å². The molecule has 1 N–H and O–H groups in total. The molecular weight excluding hydrogens is 248 g/mol. The fraction of sp³-hybridized carbons (Fsp3) is 0.235. The molecule has 0 aliphatic carbocycles. The van der Waals surface area contributed by atoms with Gasteiger partial charge >= 0.3 is 0 Å². The van der Waals surface area contributed by atoms with Crippen LogP contribution in [0.15, 0.2) is 42.5 Å². The Labute approximate surface area is 119 Å². The van der Waals surface area contributed by atoms with E-state index in [1.165, 1.54) is 11.1 Å². The Hall–Kier alpha value is -2.47. The van der Waals surface area contributed by atoms with E-state index in [-0.39, 0.29) is 6.61 Å². The third kappa shape index (κ3) is 3.52. The molecule has 0 unspecified atom stereocenters. The molecule has 0 saturated carbocycles. The maximum absolute atomic E-state index is 8.52. The van der Waals surface area contributed by atoms with Crippen LogP contribution in [0.25, 0.3) is 0 Å². The third-order valence-corrected chi connectivity index (χ3v) is 3.29. The van der Waals surface area contributed by atoms with Crippen LogP contribution in [-0.4, -0.2) is 6.61 Å². The van der Waals surface area contributed by atoms with Crippen molar-refractivity contribution in [3.05, 3.63) is 59.2 Å². The summed E-state index contributed by atoms with van der Waals surface area (Å²) in [6.07, 6.45) is 0. The molecular formula is C17H18N2O. The van der Waals surface area contributed by atoms with Gasteiger partial charge in [0, 0.05) is 12.2 Å². The maximum Gasteiger partial charge on any atom is 0.174 e. The highest BCUT2D eigenvalue weighted by Gasteiger charge is 2.01. The zero-order valence-corrected chi connectivity index (χ0v) is 11.8. The van der Waals surface area contributed by atoms with Gasteiger partial charge in [-0.15, -0.1) is 0 Å². The van der Waals surface area contributed by atoms with Crippen LogP contribution in [0.1, 0.15) is 16.7 Å². The minimum Gasteiger partial charge on any atom is -0.479 e. The van der Waals surface area contributed by atoms with E-state index in [1.54, 1.807) is 0 Å². The summed E-state index contributed by atoms with van der Waals surface area (Å²) in [5.74, 6) is 0.729. The number of rotatable bonds is 5. The average Bonchev–Trinajstić information content (AvgIpc) is 2.47. The van der Waals surface area contributed by atoms with Crippen LogP contribution in [0.5, 0.6) is 5.75 Å². The molecule has 0 heterocycles. The summed E-state index contributed by atoms with van der Waals surface area (Å²) >= 11 is 0. The van der Waals surface area contributed by atoms with Gasteiger partial charge in [0.1, 0.15) is 11.8 Å². The summed E-state index contributed by atoms with van der Waals surface area (Å²) in [5, 5.41) is 12.0. The van der Waals surface area contributed by atoms with E-state index in [2.05, 4.69) is 37.4 Å². The summed E-state index contributed by atoms with van der Waals surface area (Å²) in [4.78, 5) is 0. The highest BCUT2D eigenvalue weighted by atomic mass is 16.5. The van der Waals surface area contributed by atoms with Crippen molar-refractivity contribution in [1.29, 1.82) is 5.26 Å². The van der Waals surface area contributed by atoms with Crippen LogP contribution < -0.4 is 10.1 Å². The largest absolute Gasteiger partial charge is 0.479 e. The molecule has 102 valence electrons. The Morgan fingerprint density at radius 2 is 1.95 bits per heavy atom. The fourth-order valence-corrected chi connectivity index (χ4v) is 2.00. The normalized spacial score (nSPS) is 9.85. The van der Waals surface area contributed by atoms with Crippen LogP contribution in [0.2, 0.25) is 0 Å². The lowest BCUT2D eigenvalue weighted by molar-refractivity contribution is 0.368. The Morgan fingerprint density at radius 1 is 1.15 bits per heavy atom. The third-order valence-electron chi connectivity index (χ3n) is 3.29. The molecule has 3 nitrogen and oxygen atoms in total. The summed E-state index contributed by atoms with van der Waals surface area (Å²) in [6.45, 7) is 5.03. The van der Waals surface area contributed by atoms with Crippen molar-refractivity contribution in [2.24, 2.45) is 0 Å². The number of nitrogens with zero attached hydrogens (tertiary/aromatic N) is 1. The number of nitriles is 1. The Balaban J connectivity index is 2.04. The van der Waals surface area contributed by atoms with E-state index in [4.69, 9.17) is 10.00 Å². The highest BCUT2D eigenvalue weighted by molar-refractivity contribution is 5.54. The van der Waals surface area contributed by atoms with E-state index in [9.17, 15) is 0 Å². The molecule has 0 aliphatic heterocycles. The summed E-state index contributed by atoms with van der Waals surface area (Å²) < 4.78 is 5.30. The molecule has 0 atom stereocenters. The molecule has 2 aromatic carbocycles. The number of aryl methyl sites for hydroxylation is 1. The molecule has 0 spiro atoms. The molecule has 0 amide bonds. The molecule has 0 fully saturated rings. The van der Waals surface area contributed by atoms with Crippen molar-refractivity contribution in [3.63, 3.8) is 0 Å². The first-order chi connectivity index (χ1) is 9.70. The second kappa shape index (κ2) is 6.63. The molecule has 3 heteroatoms. The molecule has 0 saturated heterocycles. The molecule has 0 bridgehead atoms. The quantitative estimate of drug-likeness (QED) is 0.894. The standard InChI is InChI=1S/C17H18N2O/c1-13-5-3-8-17(14(13)2)19-12-15-6-4-7-16(11-15)20-10-9-18/h3-8,11,19H,10,12H2,1-2H3. The highest BCUT2D eigenvalue weighted by Crippen LogP contribution is 2.20. The van der Waals surface area contributed by atoms with Crippen LogP contribution >= 0.6 is 0 Å². The fourth-order valence-electron chi connectivity index (χ4n) is 2.00. The van der Waals surface area contributed by atoms with Gasteiger partial charge in [0.2, 0.25) is 0 Å². The lowest BCUT2D eigenvalue weighted by atomic mass is 10.1. The van der Waals surface area contributed by atoms with Gasteiger partial charge in [0.15, 0.2) is 6.61 Å². The maximum atomic E-state index is 8.52. The number of benzene rings is 2. The zero-order valence-electron chi connectivity index (χ0n) is 11.8. The number of anilines is 1. The number of hydrogen-bond acceptors (Lipinski definition) is 3. The van der Waals surface area contributed by atoms with Crippen LogP contribution in [-0.2, 0) is 6.54 Å². The van der Waals surface area contributed by atoms with Crippen molar-refractivity contribution in [3.8, 4) is 11.8 Å². The van der Waals surface area contributed by atoms with Crippen molar-refractivity contribution in [2.45, 2.75) is 20.4 Å². The molecule has 20 heavy (non-hydrogen) atoms. The smallest absolute Gasteiger partial charge is 0.174 e. The predicted octanol–water partition coefficient (Wildman–Crippen LogP) is 3.82. The summed E-state index contributed by atoms with van der Waals surface area (Å²) in [6, 6.07) is 16.0. The van der Waals surface area contributed by atoms with E-state index in [0.717, 1.165) is 23.5 Å². The molecule has 2 aromatic rings. The summed E-state index contributed by atoms with van der Waals surface area (Å²) in [7, 11) is 0. The minimum absolute atomic E-state index is 0.0773. The number of nitrogens with one attached hydrogen (secondary N) is 1. The Bertz CT molecular complexity index is 629. The second-order valence-electron chi connectivity index (χ2n) is 4.70. The predicted molar refractivity (Wildman–Crippen MR) is 80.8 cm³/mol. The lowest BCUT2D eigenvalue weighted by Crippen LogP contribution is -2.02. The first-order valence-corrected chi connectivity index (χ1v) is 6.59. The second-order valence-corrected chi connectivity index (χ2v) is 4.70. The topological polar surface area (TPSA) is 45.0 Å². The van der Waals surface area contributed by atoms with E-state index >= 15 is 0 Å². The van der Waals surface area contributed by atoms with Crippen LogP contribution in [0.4, 0.5) is 5.69 Å². The van der Waals surface area contributed by atoms with E-state index < -0.39 is 0 Å². The van der Waals surface area contributed by atoms with Crippen molar-refractivity contribution < 1.29 is 4.74 Å². The van der Waals surface area contributed by atoms with Crippen molar-refractivity contribution in [2.75, 3.05) is 11.9 Å². The van der Waals surface area contributed by atoms with Crippen LogP contribution in [0, 0.1) is 25.2 Å². The lowest BCUT2D eigenvalue weighted by Gasteiger charge is -2.12. The van der Waals surface area contributed by atoms with Gasteiger partial charge in [0.25, 0.3) is 0 Å².